The highest BCUT2D eigenvalue weighted by Gasteiger charge is 2.16. The summed E-state index contributed by atoms with van der Waals surface area (Å²) in [6.45, 7) is 8.48. The van der Waals surface area contributed by atoms with Crippen LogP contribution < -0.4 is 5.32 Å². The van der Waals surface area contributed by atoms with Gasteiger partial charge in [-0.25, -0.2) is 0 Å². The molecule has 0 heterocycles. The molecule has 1 aromatic rings. The Hall–Kier alpha value is -1.33. The molecule has 0 fully saturated rings. The lowest BCUT2D eigenvalue weighted by Crippen LogP contribution is -2.29. The molecule has 0 aromatic heterocycles. The molecule has 0 aliphatic heterocycles. The van der Waals surface area contributed by atoms with E-state index < -0.39 is 0 Å². The number of rotatable bonds is 7. The molecule has 18 heavy (non-hydrogen) atoms. The van der Waals surface area contributed by atoms with Gasteiger partial charge in [0.15, 0.2) is 0 Å². The van der Waals surface area contributed by atoms with Crippen molar-refractivity contribution in [2.75, 3.05) is 6.54 Å². The Morgan fingerprint density at radius 2 is 1.89 bits per heavy atom. The van der Waals surface area contributed by atoms with Crippen LogP contribution in [-0.4, -0.2) is 6.54 Å². The van der Waals surface area contributed by atoms with E-state index in [2.05, 4.69) is 56.4 Å². The van der Waals surface area contributed by atoms with Gasteiger partial charge in [0, 0.05) is 19.5 Å². The first-order valence-corrected chi connectivity index (χ1v) is 6.73. The van der Waals surface area contributed by atoms with Gasteiger partial charge in [-0.05, 0) is 29.4 Å². The molecule has 0 bridgehead atoms. The SMILES string of the molecule is CCc1ccccc1CNCC(C)(C)CCC#N. The fraction of sp³-hybridized carbons (Fsp3) is 0.562. The number of hydrogen-bond acceptors (Lipinski definition) is 2. The van der Waals surface area contributed by atoms with Crippen molar-refractivity contribution in [1.82, 2.24) is 5.32 Å². The van der Waals surface area contributed by atoms with E-state index in [0.29, 0.717) is 6.42 Å². The lowest BCUT2D eigenvalue weighted by atomic mass is 9.88. The molecule has 1 N–H and O–H groups in total. The third kappa shape index (κ3) is 4.89. The van der Waals surface area contributed by atoms with Crippen molar-refractivity contribution in [2.45, 2.75) is 46.6 Å². The minimum Gasteiger partial charge on any atom is -0.312 e. The van der Waals surface area contributed by atoms with Gasteiger partial charge in [0.25, 0.3) is 0 Å². The summed E-state index contributed by atoms with van der Waals surface area (Å²) in [5.41, 5.74) is 2.99. The summed E-state index contributed by atoms with van der Waals surface area (Å²) >= 11 is 0. The average Bonchev–Trinajstić information content (AvgIpc) is 2.37. The Balaban J connectivity index is 2.44. The molecule has 0 atom stereocenters. The van der Waals surface area contributed by atoms with Gasteiger partial charge in [-0.1, -0.05) is 45.0 Å². The highest BCUT2D eigenvalue weighted by molar-refractivity contribution is 5.26. The second-order valence-corrected chi connectivity index (χ2v) is 5.55. The summed E-state index contributed by atoms with van der Waals surface area (Å²) in [6, 6.07) is 10.8. The molecule has 0 saturated heterocycles. The maximum Gasteiger partial charge on any atom is 0.0621 e. The number of nitrogens with zero attached hydrogens (tertiary/aromatic N) is 1. The summed E-state index contributed by atoms with van der Waals surface area (Å²) in [7, 11) is 0. The zero-order valence-electron chi connectivity index (χ0n) is 11.8. The summed E-state index contributed by atoms with van der Waals surface area (Å²) in [6.07, 6.45) is 2.67. The van der Waals surface area contributed by atoms with Gasteiger partial charge in [-0.3, -0.25) is 0 Å². The van der Waals surface area contributed by atoms with E-state index in [-0.39, 0.29) is 5.41 Å². The quantitative estimate of drug-likeness (QED) is 0.794. The van der Waals surface area contributed by atoms with Crippen LogP contribution in [0, 0.1) is 16.7 Å². The topological polar surface area (TPSA) is 35.8 Å². The molecule has 0 amide bonds. The van der Waals surface area contributed by atoms with Gasteiger partial charge in [-0.15, -0.1) is 0 Å². The van der Waals surface area contributed by atoms with E-state index in [0.717, 1.165) is 25.9 Å². The van der Waals surface area contributed by atoms with Gasteiger partial charge in [0.05, 0.1) is 6.07 Å². The van der Waals surface area contributed by atoms with Crippen LogP contribution in [0.4, 0.5) is 0 Å². The monoisotopic (exact) mass is 244 g/mol. The number of hydrogen-bond donors (Lipinski definition) is 1. The number of aryl methyl sites for hydroxylation is 1. The molecule has 1 rings (SSSR count). The smallest absolute Gasteiger partial charge is 0.0621 e. The second kappa shape index (κ2) is 7.18. The largest absolute Gasteiger partial charge is 0.312 e. The standard InChI is InChI=1S/C16H24N2/c1-4-14-8-5-6-9-15(14)12-18-13-16(2,3)10-7-11-17/h5-6,8-9,18H,4,7,10,12-13H2,1-3H3. The van der Waals surface area contributed by atoms with Crippen LogP contribution in [-0.2, 0) is 13.0 Å². The molecular formula is C16H24N2. The van der Waals surface area contributed by atoms with Gasteiger partial charge in [0.1, 0.15) is 0 Å². The molecule has 0 unspecified atom stereocenters. The third-order valence-corrected chi connectivity index (χ3v) is 3.33. The lowest BCUT2D eigenvalue weighted by molar-refractivity contribution is 0.317. The second-order valence-electron chi connectivity index (χ2n) is 5.55. The maximum absolute atomic E-state index is 8.63. The van der Waals surface area contributed by atoms with E-state index in [1.807, 2.05) is 0 Å². The molecular weight excluding hydrogens is 220 g/mol. The molecule has 0 aliphatic rings. The summed E-state index contributed by atoms with van der Waals surface area (Å²) in [5.74, 6) is 0. The average molecular weight is 244 g/mol. The first-order valence-electron chi connectivity index (χ1n) is 6.73. The van der Waals surface area contributed by atoms with Gasteiger partial charge in [0.2, 0.25) is 0 Å². The molecule has 0 radical (unpaired) electrons. The van der Waals surface area contributed by atoms with Crippen molar-refractivity contribution in [3.05, 3.63) is 35.4 Å². The van der Waals surface area contributed by atoms with Gasteiger partial charge >= 0.3 is 0 Å². The van der Waals surface area contributed by atoms with Crippen molar-refractivity contribution in [3.8, 4) is 6.07 Å². The molecule has 0 spiro atoms. The summed E-state index contributed by atoms with van der Waals surface area (Å²) < 4.78 is 0. The first-order chi connectivity index (χ1) is 8.59. The van der Waals surface area contributed by atoms with Gasteiger partial charge < -0.3 is 5.32 Å². The van der Waals surface area contributed by atoms with Crippen LogP contribution in [0.2, 0.25) is 0 Å². The van der Waals surface area contributed by atoms with E-state index in [1.165, 1.54) is 11.1 Å². The van der Waals surface area contributed by atoms with E-state index in [4.69, 9.17) is 5.26 Å². The predicted molar refractivity (Wildman–Crippen MR) is 76.2 cm³/mol. The van der Waals surface area contributed by atoms with Crippen molar-refractivity contribution in [3.63, 3.8) is 0 Å². The molecule has 1 aromatic carbocycles. The van der Waals surface area contributed by atoms with Crippen molar-refractivity contribution >= 4 is 0 Å². The maximum atomic E-state index is 8.63. The zero-order valence-corrected chi connectivity index (χ0v) is 11.8. The predicted octanol–water partition coefficient (Wildman–Crippen LogP) is 3.67. The van der Waals surface area contributed by atoms with E-state index in [1.54, 1.807) is 0 Å². The molecule has 98 valence electrons. The van der Waals surface area contributed by atoms with Gasteiger partial charge in [-0.2, -0.15) is 5.26 Å². The van der Waals surface area contributed by atoms with Crippen LogP contribution in [0.25, 0.3) is 0 Å². The molecule has 0 saturated carbocycles. The Morgan fingerprint density at radius 1 is 1.22 bits per heavy atom. The summed E-state index contributed by atoms with van der Waals surface area (Å²) in [5, 5.41) is 12.1. The van der Waals surface area contributed by atoms with E-state index in [9.17, 15) is 0 Å². The molecule has 2 nitrogen and oxygen atoms in total. The Bertz CT molecular complexity index is 402. The fourth-order valence-electron chi connectivity index (χ4n) is 2.09. The van der Waals surface area contributed by atoms with E-state index >= 15 is 0 Å². The number of benzene rings is 1. The van der Waals surface area contributed by atoms with Crippen molar-refractivity contribution < 1.29 is 0 Å². The number of nitrogens with one attached hydrogen (secondary N) is 1. The molecule has 0 aliphatic carbocycles. The third-order valence-electron chi connectivity index (χ3n) is 3.33. The minimum absolute atomic E-state index is 0.191. The highest BCUT2D eigenvalue weighted by Crippen LogP contribution is 2.21. The first kappa shape index (κ1) is 14.7. The minimum atomic E-state index is 0.191. The molecule has 2 heteroatoms. The van der Waals surface area contributed by atoms with Crippen molar-refractivity contribution in [1.29, 1.82) is 5.26 Å². The lowest BCUT2D eigenvalue weighted by Gasteiger charge is -2.24. The Kier molecular flexibility index (Phi) is 5.88. The van der Waals surface area contributed by atoms with Crippen LogP contribution in [0.5, 0.6) is 0 Å². The zero-order chi connectivity index (χ0) is 13.4. The fourth-order valence-corrected chi connectivity index (χ4v) is 2.09. The van der Waals surface area contributed by atoms with Crippen LogP contribution in [0.1, 0.15) is 44.7 Å². The van der Waals surface area contributed by atoms with Crippen LogP contribution in [0.15, 0.2) is 24.3 Å². The summed E-state index contributed by atoms with van der Waals surface area (Å²) in [4.78, 5) is 0. The highest BCUT2D eigenvalue weighted by atomic mass is 14.9. The van der Waals surface area contributed by atoms with Crippen molar-refractivity contribution in [2.24, 2.45) is 5.41 Å². The Morgan fingerprint density at radius 3 is 2.50 bits per heavy atom. The van der Waals surface area contributed by atoms with Crippen LogP contribution >= 0.6 is 0 Å². The normalized spacial score (nSPS) is 11.2. The number of nitriles is 1. The Labute approximate surface area is 111 Å². The van der Waals surface area contributed by atoms with Crippen LogP contribution in [0.3, 0.4) is 0 Å².